The average Bonchev–Trinajstić information content (AvgIpc) is 2.48. The smallest absolute Gasteiger partial charge is 0.278 e. The fourth-order valence-corrected chi connectivity index (χ4v) is 1.09. The first-order valence-corrected chi connectivity index (χ1v) is 3.47. The van der Waals surface area contributed by atoms with Crippen molar-refractivity contribution in [2.24, 2.45) is 12.2 Å². The first-order valence-electron chi connectivity index (χ1n) is 3.47. The van der Waals surface area contributed by atoms with Gasteiger partial charge in [0.2, 0.25) is 0 Å². The van der Waals surface area contributed by atoms with Crippen molar-refractivity contribution in [1.29, 1.82) is 0 Å². The zero-order valence-corrected chi connectivity index (χ0v) is 6.68. The van der Waals surface area contributed by atoms with Crippen molar-refractivity contribution in [2.75, 3.05) is 0 Å². The van der Waals surface area contributed by atoms with E-state index in [0.717, 1.165) is 0 Å². The zero-order valence-electron chi connectivity index (χ0n) is 6.68. The predicted octanol–water partition coefficient (Wildman–Crippen LogP) is 0.0545. The number of aromatic nitrogens is 4. The SMILES string of the molecule is Cn1cnc2nc(N=O)[nH]c(=O)c21. The number of hydrogen-bond acceptors (Lipinski definition) is 5. The highest BCUT2D eigenvalue weighted by atomic mass is 16.3. The van der Waals surface area contributed by atoms with E-state index in [1.165, 1.54) is 10.9 Å². The van der Waals surface area contributed by atoms with Crippen LogP contribution >= 0.6 is 0 Å². The van der Waals surface area contributed by atoms with Crippen LogP contribution in [0.25, 0.3) is 11.2 Å². The highest BCUT2D eigenvalue weighted by Crippen LogP contribution is 2.06. The Morgan fingerprint density at radius 1 is 1.62 bits per heavy atom. The normalized spacial score (nSPS) is 10.5. The van der Waals surface area contributed by atoms with Crippen LogP contribution in [-0.4, -0.2) is 19.5 Å². The van der Waals surface area contributed by atoms with E-state index in [1.54, 1.807) is 7.05 Å². The van der Waals surface area contributed by atoms with Gasteiger partial charge in [-0.15, -0.1) is 4.91 Å². The van der Waals surface area contributed by atoms with Crippen molar-refractivity contribution < 1.29 is 0 Å². The minimum atomic E-state index is -0.417. The van der Waals surface area contributed by atoms with Gasteiger partial charge in [0, 0.05) is 12.2 Å². The number of aromatic amines is 1. The summed E-state index contributed by atoms with van der Waals surface area (Å²) < 4.78 is 1.52. The van der Waals surface area contributed by atoms with Gasteiger partial charge in [0.25, 0.3) is 11.5 Å². The highest BCUT2D eigenvalue weighted by Gasteiger charge is 2.07. The van der Waals surface area contributed by atoms with Crippen LogP contribution in [0, 0.1) is 4.91 Å². The van der Waals surface area contributed by atoms with Crippen LogP contribution < -0.4 is 5.56 Å². The molecule has 0 aromatic carbocycles. The van der Waals surface area contributed by atoms with E-state index in [0.29, 0.717) is 5.52 Å². The molecule has 1 N–H and O–H groups in total. The summed E-state index contributed by atoms with van der Waals surface area (Å²) in [4.78, 5) is 31.1. The summed E-state index contributed by atoms with van der Waals surface area (Å²) in [5.41, 5.74) is 0.132. The number of imidazole rings is 1. The van der Waals surface area contributed by atoms with E-state index in [2.05, 4.69) is 20.1 Å². The summed E-state index contributed by atoms with van der Waals surface area (Å²) in [6.07, 6.45) is 1.45. The second kappa shape index (κ2) is 2.47. The molecule has 0 radical (unpaired) electrons. The number of hydrogen-bond donors (Lipinski definition) is 1. The molecule has 0 saturated heterocycles. The van der Waals surface area contributed by atoms with Crippen LogP contribution in [0.15, 0.2) is 16.3 Å². The van der Waals surface area contributed by atoms with Gasteiger partial charge in [0.05, 0.1) is 6.33 Å². The Hall–Kier alpha value is -2.05. The van der Waals surface area contributed by atoms with Crippen molar-refractivity contribution in [1.82, 2.24) is 19.5 Å². The molecule has 0 amide bonds. The second-order valence-corrected chi connectivity index (χ2v) is 2.51. The molecule has 7 nitrogen and oxygen atoms in total. The van der Waals surface area contributed by atoms with Crippen molar-refractivity contribution >= 4 is 17.1 Å². The molecule has 0 aliphatic rings. The summed E-state index contributed by atoms with van der Waals surface area (Å²) in [7, 11) is 1.67. The zero-order chi connectivity index (χ0) is 9.42. The summed E-state index contributed by atoms with van der Waals surface area (Å²) in [5, 5.41) is 2.52. The van der Waals surface area contributed by atoms with Crippen molar-refractivity contribution in [3.8, 4) is 0 Å². The van der Waals surface area contributed by atoms with Gasteiger partial charge >= 0.3 is 0 Å². The largest absolute Gasteiger partial charge is 0.328 e. The average molecular weight is 179 g/mol. The maximum absolute atomic E-state index is 11.3. The van der Waals surface area contributed by atoms with Gasteiger partial charge in [0.1, 0.15) is 0 Å². The monoisotopic (exact) mass is 179 g/mol. The van der Waals surface area contributed by atoms with Crippen LogP contribution in [0.5, 0.6) is 0 Å². The van der Waals surface area contributed by atoms with E-state index < -0.39 is 5.56 Å². The van der Waals surface area contributed by atoms with Gasteiger partial charge in [0.15, 0.2) is 11.2 Å². The molecule has 13 heavy (non-hydrogen) atoms. The third-order valence-electron chi connectivity index (χ3n) is 1.66. The van der Waals surface area contributed by atoms with Crippen LogP contribution in [-0.2, 0) is 7.05 Å². The van der Waals surface area contributed by atoms with E-state index >= 15 is 0 Å². The molecule has 66 valence electrons. The Morgan fingerprint density at radius 2 is 2.38 bits per heavy atom. The fraction of sp³-hybridized carbons (Fsp3) is 0.167. The number of nitroso groups, excluding NO2 is 1. The van der Waals surface area contributed by atoms with Gasteiger partial charge in [-0.1, -0.05) is 0 Å². The predicted molar refractivity (Wildman–Crippen MR) is 44.6 cm³/mol. The lowest BCUT2D eigenvalue weighted by Crippen LogP contribution is -2.09. The lowest BCUT2D eigenvalue weighted by Gasteiger charge is -1.91. The Kier molecular flexibility index (Phi) is 1.44. The van der Waals surface area contributed by atoms with Crippen molar-refractivity contribution in [3.05, 3.63) is 21.6 Å². The fourth-order valence-electron chi connectivity index (χ4n) is 1.09. The van der Waals surface area contributed by atoms with E-state index in [1.807, 2.05) is 0 Å². The van der Waals surface area contributed by atoms with Crippen LogP contribution in [0.3, 0.4) is 0 Å². The number of fused-ring (bicyclic) bond motifs is 1. The molecule has 2 rings (SSSR count). The Balaban J connectivity index is 2.95. The second-order valence-electron chi connectivity index (χ2n) is 2.51. The first-order chi connectivity index (χ1) is 6.22. The topological polar surface area (TPSA) is 93.0 Å². The van der Waals surface area contributed by atoms with Crippen LogP contribution in [0.2, 0.25) is 0 Å². The standard InChI is InChI=1S/C6H5N5O2/c1-11-2-7-4-3(11)5(12)9-6(8-4)10-13/h2H,1H3,(H,8,9,12). The molecule has 0 aliphatic heterocycles. The van der Waals surface area contributed by atoms with Crippen molar-refractivity contribution in [2.45, 2.75) is 0 Å². The molecular formula is C6H5N5O2. The van der Waals surface area contributed by atoms with Gasteiger partial charge in [-0.3, -0.25) is 9.78 Å². The maximum Gasteiger partial charge on any atom is 0.278 e. The molecule has 2 aromatic heterocycles. The summed E-state index contributed by atoms with van der Waals surface area (Å²) in [5.74, 6) is -0.254. The lowest BCUT2D eigenvalue weighted by atomic mass is 10.5. The molecular weight excluding hydrogens is 174 g/mol. The van der Waals surface area contributed by atoms with Crippen LogP contribution in [0.1, 0.15) is 0 Å². The Bertz CT molecular complexity index is 525. The van der Waals surface area contributed by atoms with Gasteiger partial charge in [-0.05, 0) is 0 Å². The Labute approximate surface area is 71.4 Å². The van der Waals surface area contributed by atoms with Crippen LogP contribution in [0.4, 0.5) is 5.95 Å². The summed E-state index contributed by atoms with van der Waals surface area (Å²) in [6.45, 7) is 0. The van der Waals surface area contributed by atoms with Gasteiger partial charge < -0.3 is 4.57 Å². The maximum atomic E-state index is 11.3. The minimum absolute atomic E-state index is 0.223. The lowest BCUT2D eigenvalue weighted by molar-refractivity contribution is 0.938. The highest BCUT2D eigenvalue weighted by molar-refractivity contribution is 5.70. The van der Waals surface area contributed by atoms with Gasteiger partial charge in [-0.2, -0.15) is 4.98 Å². The summed E-state index contributed by atoms with van der Waals surface area (Å²) >= 11 is 0. The quantitative estimate of drug-likeness (QED) is 0.626. The molecule has 0 atom stereocenters. The number of H-pyrrole nitrogens is 1. The number of nitrogens with zero attached hydrogens (tertiary/aromatic N) is 4. The molecule has 0 aliphatic carbocycles. The molecule has 7 heteroatoms. The third-order valence-corrected chi connectivity index (χ3v) is 1.66. The van der Waals surface area contributed by atoms with E-state index in [9.17, 15) is 9.70 Å². The minimum Gasteiger partial charge on any atom is -0.328 e. The first kappa shape index (κ1) is 7.59. The third kappa shape index (κ3) is 1.01. The molecule has 0 unspecified atom stereocenters. The van der Waals surface area contributed by atoms with E-state index in [-0.39, 0.29) is 11.6 Å². The molecule has 0 spiro atoms. The molecule has 0 saturated carbocycles. The molecule has 2 aromatic rings. The summed E-state index contributed by atoms with van der Waals surface area (Å²) in [6, 6.07) is 0. The van der Waals surface area contributed by atoms with Crippen molar-refractivity contribution in [3.63, 3.8) is 0 Å². The number of aryl methyl sites for hydroxylation is 1. The van der Waals surface area contributed by atoms with E-state index in [4.69, 9.17) is 0 Å². The molecule has 0 bridgehead atoms. The Morgan fingerprint density at radius 3 is 3.08 bits per heavy atom. The van der Waals surface area contributed by atoms with Gasteiger partial charge in [-0.25, -0.2) is 4.98 Å². The molecule has 0 fully saturated rings. The molecule has 2 heterocycles. The number of rotatable bonds is 1. The number of nitrogens with one attached hydrogen (secondary N) is 1.